The zero-order valence-electron chi connectivity index (χ0n) is 6.36. The summed E-state index contributed by atoms with van der Waals surface area (Å²) in [4.78, 5) is 11.2. The molecule has 5 nitrogen and oxygen atoms in total. The van der Waals surface area contributed by atoms with Gasteiger partial charge < -0.3 is 9.47 Å². The molecule has 0 unspecified atom stereocenters. The molecule has 0 bridgehead atoms. The van der Waals surface area contributed by atoms with Crippen LogP contribution in [-0.2, 0) is 14.3 Å². The van der Waals surface area contributed by atoms with E-state index in [1.165, 1.54) is 7.11 Å². The highest BCUT2D eigenvalue weighted by Gasteiger charge is 2.59. The first-order valence-electron chi connectivity index (χ1n) is 3.50. The molecule has 0 saturated carbocycles. The number of esters is 1. The van der Waals surface area contributed by atoms with Gasteiger partial charge in [0.05, 0.1) is 12.5 Å². The fourth-order valence-electron chi connectivity index (χ4n) is 1.37. The van der Waals surface area contributed by atoms with E-state index in [4.69, 9.17) is 9.47 Å². The molecule has 0 aromatic rings. The van der Waals surface area contributed by atoms with Crippen molar-refractivity contribution < 1.29 is 14.3 Å². The molecule has 3 atom stereocenters. The lowest BCUT2D eigenvalue weighted by Crippen LogP contribution is -2.32. The van der Waals surface area contributed by atoms with Crippen molar-refractivity contribution in [2.24, 2.45) is 16.1 Å². The quantitative estimate of drug-likeness (QED) is 0.381. The van der Waals surface area contributed by atoms with E-state index in [2.05, 4.69) is 26.2 Å². The Morgan fingerprint density at radius 3 is 3.25 bits per heavy atom. The van der Waals surface area contributed by atoms with E-state index in [1.807, 2.05) is 0 Å². The van der Waals surface area contributed by atoms with Gasteiger partial charge in [-0.3, -0.25) is 0 Å². The molecule has 0 aliphatic carbocycles. The molecule has 2 heterocycles. The van der Waals surface area contributed by atoms with Gasteiger partial charge in [-0.05, 0) is 15.9 Å². The molecule has 0 radical (unpaired) electrons. The average molecular weight is 235 g/mol. The van der Waals surface area contributed by atoms with Crippen LogP contribution in [0.3, 0.4) is 0 Å². The van der Waals surface area contributed by atoms with Gasteiger partial charge in [0.15, 0.2) is 0 Å². The lowest BCUT2D eigenvalue weighted by molar-refractivity contribution is -0.161. The zero-order chi connectivity index (χ0) is 8.77. The van der Waals surface area contributed by atoms with Crippen LogP contribution < -0.4 is 0 Å². The fourth-order valence-corrected chi connectivity index (χ4v) is 1.93. The van der Waals surface area contributed by atoms with Gasteiger partial charge in [-0.25, -0.2) is 4.79 Å². The van der Waals surface area contributed by atoms with Crippen LogP contribution in [0, 0.1) is 5.92 Å². The molecule has 1 fully saturated rings. The Labute approximate surface area is 77.3 Å². The normalized spacial score (nSPS) is 44.7. The topological polar surface area (TPSA) is 60.2 Å². The highest BCUT2D eigenvalue weighted by atomic mass is 79.9. The minimum atomic E-state index is -0.978. The maximum atomic E-state index is 11.2. The third-order valence-corrected chi connectivity index (χ3v) is 3.13. The van der Waals surface area contributed by atoms with Crippen molar-refractivity contribution in [1.29, 1.82) is 0 Å². The van der Waals surface area contributed by atoms with Gasteiger partial charge in [0.25, 0.3) is 0 Å². The predicted octanol–water partition coefficient (Wildman–Crippen LogP) is 0.689. The van der Waals surface area contributed by atoms with E-state index in [0.717, 1.165) is 0 Å². The van der Waals surface area contributed by atoms with Gasteiger partial charge in [-0.15, -0.1) is 0 Å². The molecular formula is C6H7BrN2O3. The average Bonchev–Trinajstić information content (AvgIpc) is 2.51. The second-order valence-corrected chi connectivity index (χ2v) is 3.92. The van der Waals surface area contributed by atoms with E-state index in [1.54, 1.807) is 0 Å². The van der Waals surface area contributed by atoms with Crippen LogP contribution in [-0.4, -0.2) is 30.4 Å². The zero-order valence-corrected chi connectivity index (χ0v) is 7.94. The number of nitrogens with zero attached hydrogens (tertiary/aromatic N) is 2. The van der Waals surface area contributed by atoms with Crippen LogP contribution in [0.15, 0.2) is 10.2 Å². The second-order valence-electron chi connectivity index (χ2n) is 2.71. The molecule has 2 aliphatic heterocycles. The Morgan fingerprint density at radius 1 is 1.83 bits per heavy atom. The summed E-state index contributed by atoms with van der Waals surface area (Å²) in [7, 11) is 1.50. The van der Waals surface area contributed by atoms with Crippen LogP contribution >= 0.6 is 15.9 Å². The maximum Gasteiger partial charge on any atom is 0.350 e. The minimum Gasteiger partial charge on any atom is -0.433 e. The third-order valence-electron chi connectivity index (χ3n) is 2.06. The fraction of sp³-hybridized carbons (Fsp3) is 0.833. The summed E-state index contributed by atoms with van der Waals surface area (Å²) in [6.07, 6.45) is -0.521. The van der Waals surface area contributed by atoms with Gasteiger partial charge in [0.2, 0.25) is 10.7 Å². The van der Waals surface area contributed by atoms with Crippen molar-refractivity contribution in [3.8, 4) is 0 Å². The first-order chi connectivity index (χ1) is 5.68. The predicted molar refractivity (Wildman–Crippen MR) is 41.8 cm³/mol. The van der Waals surface area contributed by atoms with Crippen LogP contribution in [0.2, 0.25) is 0 Å². The van der Waals surface area contributed by atoms with Crippen LogP contribution in [0.5, 0.6) is 0 Å². The molecule has 0 aromatic carbocycles. The van der Waals surface area contributed by atoms with Crippen LogP contribution in [0.25, 0.3) is 0 Å². The number of azo groups is 1. The van der Waals surface area contributed by atoms with Crippen molar-refractivity contribution in [1.82, 2.24) is 0 Å². The SMILES string of the molecule is CO[C@@H]1OC(=O)[C@@]2(Br)N=NC[C@@H]12. The van der Waals surface area contributed by atoms with Crippen molar-refractivity contribution in [3.63, 3.8) is 0 Å². The first kappa shape index (κ1) is 8.12. The molecule has 6 heteroatoms. The number of ether oxygens (including phenoxy) is 2. The van der Waals surface area contributed by atoms with Gasteiger partial charge in [0.1, 0.15) is 0 Å². The van der Waals surface area contributed by atoms with Gasteiger partial charge in [-0.2, -0.15) is 10.2 Å². The van der Waals surface area contributed by atoms with Gasteiger partial charge in [0, 0.05) is 7.11 Å². The van der Waals surface area contributed by atoms with Gasteiger partial charge in [-0.1, -0.05) is 0 Å². The van der Waals surface area contributed by atoms with Crippen molar-refractivity contribution in [2.45, 2.75) is 10.7 Å². The smallest absolute Gasteiger partial charge is 0.350 e. The summed E-state index contributed by atoms with van der Waals surface area (Å²) >= 11 is 3.20. The summed E-state index contributed by atoms with van der Waals surface area (Å²) in [6, 6.07) is 0. The number of carbonyl (C=O) groups excluding carboxylic acids is 1. The number of halogens is 1. The summed E-state index contributed by atoms with van der Waals surface area (Å²) in [6.45, 7) is 0.468. The first-order valence-corrected chi connectivity index (χ1v) is 4.29. The molecule has 1 saturated heterocycles. The van der Waals surface area contributed by atoms with Crippen molar-refractivity contribution >= 4 is 21.9 Å². The van der Waals surface area contributed by atoms with Gasteiger partial charge >= 0.3 is 5.97 Å². The van der Waals surface area contributed by atoms with E-state index in [9.17, 15) is 4.79 Å². The van der Waals surface area contributed by atoms with Crippen molar-refractivity contribution in [3.05, 3.63) is 0 Å². The molecule has 12 heavy (non-hydrogen) atoms. The molecule has 0 N–H and O–H groups in total. The Balaban J connectivity index is 2.30. The standard InChI is InChI=1S/C6H7BrN2O3/c1-11-4-3-2-8-9-6(3,7)5(10)12-4/h3-4H,2H2,1H3/t3-,4+,6-/m0/s1. The number of rotatable bonds is 1. The molecular weight excluding hydrogens is 228 g/mol. The molecule has 0 amide bonds. The number of methoxy groups -OCH3 is 1. The molecule has 2 rings (SSSR count). The second kappa shape index (κ2) is 2.50. The highest BCUT2D eigenvalue weighted by molar-refractivity contribution is 9.10. The van der Waals surface area contributed by atoms with Crippen LogP contribution in [0.4, 0.5) is 0 Å². The number of alkyl halides is 1. The van der Waals surface area contributed by atoms with Crippen LogP contribution in [0.1, 0.15) is 0 Å². The van der Waals surface area contributed by atoms with Crippen molar-refractivity contribution in [2.75, 3.05) is 13.7 Å². The Bertz CT molecular complexity index is 257. The largest absolute Gasteiger partial charge is 0.433 e. The summed E-state index contributed by atoms with van der Waals surface area (Å²) in [5.74, 6) is -0.546. The Kier molecular flexibility index (Phi) is 1.69. The lowest BCUT2D eigenvalue weighted by Gasteiger charge is -2.13. The maximum absolute atomic E-state index is 11.2. The monoisotopic (exact) mass is 234 g/mol. The Morgan fingerprint density at radius 2 is 2.58 bits per heavy atom. The third kappa shape index (κ3) is 0.847. The Hall–Kier alpha value is -0.490. The highest BCUT2D eigenvalue weighted by Crippen LogP contribution is 2.44. The molecule has 0 spiro atoms. The van der Waals surface area contributed by atoms with E-state index < -0.39 is 16.7 Å². The number of hydrogen-bond acceptors (Lipinski definition) is 5. The molecule has 2 aliphatic rings. The number of cyclic esters (lactones) is 1. The minimum absolute atomic E-state index is 0.130. The van der Waals surface area contributed by atoms with E-state index in [-0.39, 0.29) is 5.92 Å². The molecule has 66 valence electrons. The summed E-state index contributed by atoms with van der Waals surface area (Å²) in [5.41, 5.74) is 0. The summed E-state index contributed by atoms with van der Waals surface area (Å²) < 4.78 is 8.91. The number of fused-ring (bicyclic) bond motifs is 1. The van der Waals surface area contributed by atoms with E-state index >= 15 is 0 Å². The summed E-state index contributed by atoms with van der Waals surface area (Å²) in [5, 5.41) is 7.58. The van der Waals surface area contributed by atoms with E-state index in [0.29, 0.717) is 6.54 Å². The lowest BCUT2D eigenvalue weighted by atomic mass is 10.0. The number of carbonyl (C=O) groups is 1. The number of hydrogen-bond donors (Lipinski definition) is 0. The molecule has 0 aromatic heterocycles.